The third-order valence-corrected chi connectivity index (χ3v) is 1.67. The Hall–Kier alpha value is -1.24. The van der Waals surface area contributed by atoms with Crippen molar-refractivity contribution >= 4 is 0 Å². The van der Waals surface area contributed by atoms with Crippen molar-refractivity contribution in [2.24, 2.45) is 0 Å². The van der Waals surface area contributed by atoms with Gasteiger partial charge in [-0.15, -0.1) is 0 Å². The van der Waals surface area contributed by atoms with E-state index in [1.54, 1.807) is 6.20 Å². The van der Waals surface area contributed by atoms with Crippen molar-refractivity contribution < 1.29 is 0 Å². The fraction of sp³-hybridized carbons (Fsp3) is 0.200. The molecule has 0 aromatic heterocycles. The second kappa shape index (κ2) is 3.81. The molecule has 1 atom stereocenters. The van der Waals surface area contributed by atoms with Crippen LogP contribution in [0.25, 0.3) is 0 Å². The van der Waals surface area contributed by atoms with Crippen molar-refractivity contribution in [1.82, 2.24) is 5.32 Å². The van der Waals surface area contributed by atoms with Gasteiger partial charge in [-0.3, -0.25) is 0 Å². The summed E-state index contributed by atoms with van der Waals surface area (Å²) in [5, 5.41) is 3.13. The molecule has 1 aromatic rings. The van der Waals surface area contributed by atoms with Crippen LogP contribution in [-0.4, -0.2) is 0 Å². The summed E-state index contributed by atoms with van der Waals surface area (Å²) in [5.74, 6) is 0. The molecule has 0 fully saturated rings. The fourth-order valence-electron chi connectivity index (χ4n) is 1.01. The van der Waals surface area contributed by atoms with Crippen LogP contribution in [-0.2, 0) is 0 Å². The van der Waals surface area contributed by atoms with Crippen LogP contribution in [0.5, 0.6) is 0 Å². The van der Waals surface area contributed by atoms with Gasteiger partial charge in [0.05, 0.1) is 0 Å². The van der Waals surface area contributed by atoms with Crippen LogP contribution in [0.1, 0.15) is 18.5 Å². The van der Waals surface area contributed by atoms with Crippen molar-refractivity contribution in [3.63, 3.8) is 0 Å². The van der Waals surface area contributed by atoms with Crippen LogP contribution in [0.15, 0.2) is 43.1 Å². The van der Waals surface area contributed by atoms with Gasteiger partial charge in [0, 0.05) is 6.04 Å². The van der Waals surface area contributed by atoms with Gasteiger partial charge in [-0.2, -0.15) is 0 Å². The van der Waals surface area contributed by atoms with Gasteiger partial charge < -0.3 is 5.32 Å². The minimum atomic E-state index is 0.355. The van der Waals surface area contributed by atoms with E-state index in [4.69, 9.17) is 0 Å². The zero-order valence-corrected chi connectivity index (χ0v) is 6.75. The number of hydrogen-bond acceptors (Lipinski definition) is 1. The molecular weight excluding hydrogens is 134 g/mol. The number of rotatable bonds is 3. The number of hydrogen-bond donors (Lipinski definition) is 1. The van der Waals surface area contributed by atoms with Gasteiger partial charge >= 0.3 is 0 Å². The highest BCUT2D eigenvalue weighted by Crippen LogP contribution is 2.10. The van der Waals surface area contributed by atoms with Gasteiger partial charge in [-0.25, -0.2) is 0 Å². The standard InChI is InChI=1S/C10H13N/c1-3-11-9(2)10-7-5-4-6-8-10/h3-9,11H,1H2,2H3. The molecule has 0 saturated carbocycles. The highest BCUT2D eigenvalue weighted by atomic mass is 14.9. The lowest BCUT2D eigenvalue weighted by atomic mass is 10.1. The molecule has 0 aliphatic carbocycles. The molecule has 1 unspecified atom stereocenters. The van der Waals surface area contributed by atoms with Crippen molar-refractivity contribution in [3.8, 4) is 0 Å². The molecule has 0 heterocycles. The first kappa shape index (κ1) is 7.86. The molecule has 1 rings (SSSR count). The molecule has 0 saturated heterocycles. The molecule has 1 aromatic carbocycles. The van der Waals surface area contributed by atoms with E-state index in [1.807, 2.05) is 18.2 Å². The second-order valence-electron chi connectivity index (χ2n) is 2.50. The predicted octanol–water partition coefficient (Wildman–Crippen LogP) is 2.48. The maximum atomic E-state index is 3.62. The molecule has 0 amide bonds. The minimum absolute atomic E-state index is 0.355. The van der Waals surface area contributed by atoms with E-state index in [2.05, 4.69) is 31.0 Å². The van der Waals surface area contributed by atoms with Crippen LogP contribution in [0.3, 0.4) is 0 Å². The van der Waals surface area contributed by atoms with Gasteiger partial charge in [-0.05, 0) is 18.7 Å². The number of benzene rings is 1. The first-order valence-electron chi connectivity index (χ1n) is 3.76. The third-order valence-electron chi connectivity index (χ3n) is 1.67. The van der Waals surface area contributed by atoms with E-state index < -0.39 is 0 Å². The van der Waals surface area contributed by atoms with E-state index in [0.29, 0.717) is 6.04 Å². The zero-order valence-electron chi connectivity index (χ0n) is 6.75. The predicted molar refractivity (Wildman–Crippen MR) is 48.2 cm³/mol. The Labute approximate surface area is 67.8 Å². The Kier molecular flexibility index (Phi) is 2.73. The molecule has 0 bridgehead atoms. The van der Waals surface area contributed by atoms with Gasteiger partial charge in [0.15, 0.2) is 0 Å². The second-order valence-corrected chi connectivity index (χ2v) is 2.50. The van der Waals surface area contributed by atoms with E-state index in [0.717, 1.165) is 0 Å². The summed E-state index contributed by atoms with van der Waals surface area (Å²) in [7, 11) is 0. The summed E-state index contributed by atoms with van der Waals surface area (Å²) >= 11 is 0. The Morgan fingerprint density at radius 1 is 1.36 bits per heavy atom. The SMILES string of the molecule is C=CNC(C)c1ccccc1. The largest absolute Gasteiger partial charge is 0.385 e. The molecule has 0 aliphatic rings. The molecule has 58 valence electrons. The van der Waals surface area contributed by atoms with E-state index in [-0.39, 0.29) is 0 Å². The summed E-state index contributed by atoms with van der Waals surface area (Å²) in [4.78, 5) is 0. The average Bonchev–Trinajstić information content (AvgIpc) is 2.07. The molecule has 0 spiro atoms. The van der Waals surface area contributed by atoms with Crippen molar-refractivity contribution in [2.45, 2.75) is 13.0 Å². The summed E-state index contributed by atoms with van der Waals surface area (Å²) < 4.78 is 0. The minimum Gasteiger partial charge on any atom is -0.385 e. The van der Waals surface area contributed by atoms with Crippen molar-refractivity contribution in [3.05, 3.63) is 48.7 Å². The fourth-order valence-corrected chi connectivity index (χ4v) is 1.01. The highest BCUT2D eigenvalue weighted by Gasteiger charge is 1.98. The third kappa shape index (κ3) is 2.11. The van der Waals surface area contributed by atoms with Crippen LogP contribution < -0.4 is 5.32 Å². The van der Waals surface area contributed by atoms with E-state index in [9.17, 15) is 0 Å². The summed E-state index contributed by atoms with van der Waals surface area (Å²) in [6, 6.07) is 10.6. The maximum Gasteiger partial charge on any atom is 0.0479 e. The maximum absolute atomic E-state index is 3.62. The number of nitrogens with one attached hydrogen (secondary N) is 1. The molecule has 11 heavy (non-hydrogen) atoms. The van der Waals surface area contributed by atoms with E-state index >= 15 is 0 Å². The monoisotopic (exact) mass is 147 g/mol. The Balaban J connectivity index is 2.68. The van der Waals surface area contributed by atoms with Gasteiger partial charge in [0.2, 0.25) is 0 Å². The smallest absolute Gasteiger partial charge is 0.0479 e. The van der Waals surface area contributed by atoms with Gasteiger partial charge in [-0.1, -0.05) is 36.9 Å². The lowest BCUT2D eigenvalue weighted by Gasteiger charge is -2.10. The molecule has 1 N–H and O–H groups in total. The molecule has 1 heteroatoms. The molecule has 1 nitrogen and oxygen atoms in total. The lowest BCUT2D eigenvalue weighted by molar-refractivity contribution is 0.688. The van der Waals surface area contributed by atoms with Crippen LogP contribution in [0, 0.1) is 0 Å². The highest BCUT2D eigenvalue weighted by molar-refractivity contribution is 5.18. The Bertz CT molecular complexity index is 216. The lowest BCUT2D eigenvalue weighted by Crippen LogP contribution is -2.10. The first-order valence-corrected chi connectivity index (χ1v) is 3.76. The molecular formula is C10H13N. The van der Waals surface area contributed by atoms with Crippen molar-refractivity contribution in [2.75, 3.05) is 0 Å². The Morgan fingerprint density at radius 3 is 2.55 bits per heavy atom. The zero-order chi connectivity index (χ0) is 8.10. The summed E-state index contributed by atoms with van der Waals surface area (Å²) in [5.41, 5.74) is 1.28. The van der Waals surface area contributed by atoms with E-state index in [1.165, 1.54) is 5.56 Å². The summed E-state index contributed by atoms with van der Waals surface area (Å²) in [6.07, 6.45) is 1.72. The summed E-state index contributed by atoms with van der Waals surface area (Å²) in [6.45, 7) is 5.72. The molecule has 0 aliphatic heterocycles. The first-order chi connectivity index (χ1) is 5.34. The average molecular weight is 147 g/mol. The molecule has 0 radical (unpaired) electrons. The van der Waals surface area contributed by atoms with Gasteiger partial charge in [0.25, 0.3) is 0 Å². The van der Waals surface area contributed by atoms with Crippen LogP contribution in [0.4, 0.5) is 0 Å². The van der Waals surface area contributed by atoms with Crippen LogP contribution >= 0.6 is 0 Å². The normalized spacial score (nSPS) is 12.1. The van der Waals surface area contributed by atoms with Gasteiger partial charge in [0.1, 0.15) is 0 Å². The van der Waals surface area contributed by atoms with Crippen molar-refractivity contribution in [1.29, 1.82) is 0 Å². The van der Waals surface area contributed by atoms with Crippen LogP contribution in [0.2, 0.25) is 0 Å². The quantitative estimate of drug-likeness (QED) is 0.692. The topological polar surface area (TPSA) is 12.0 Å². The Morgan fingerprint density at radius 2 is 2.00 bits per heavy atom.